The van der Waals surface area contributed by atoms with E-state index in [4.69, 9.17) is 4.74 Å². The molecule has 2 N–H and O–H groups in total. The predicted molar refractivity (Wildman–Crippen MR) is 125 cm³/mol. The van der Waals surface area contributed by atoms with Gasteiger partial charge < -0.3 is 19.4 Å². The summed E-state index contributed by atoms with van der Waals surface area (Å²) in [5, 5.41) is 5.76. The number of methoxy groups -OCH3 is 1. The number of carbonyl (C=O) groups excluding carboxylic acids is 1. The molecule has 0 saturated heterocycles. The van der Waals surface area contributed by atoms with Crippen LogP contribution in [0.1, 0.15) is 25.3 Å². The Kier molecular flexibility index (Phi) is 6.12. The Morgan fingerprint density at radius 3 is 2.64 bits per heavy atom. The van der Waals surface area contributed by atoms with Gasteiger partial charge >= 0.3 is 6.09 Å². The van der Waals surface area contributed by atoms with Crippen molar-refractivity contribution in [1.29, 1.82) is 0 Å². The Balaban J connectivity index is 1.57. The van der Waals surface area contributed by atoms with Crippen LogP contribution in [0, 0.1) is 5.82 Å². The van der Waals surface area contributed by atoms with Crippen molar-refractivity contribution in [1.82, 2.24) is 14.5 Å². The van der Waals surface area contributed by atoms with Crippen LogP contribution >= 0.6 is 0 Å². The molecule has 0 spiro atoms. The van der Waals surface area contributed by atoms with Gasteiger partial charge in [-0.25, -0.2) is 19.2 Å². The number of hydrogen-bond acceptors (Lipinski definition) is 6. The number of fused-ring (bicyclic) bond motifs is 1. The summed E-state index contributed by atoms with van der Waals surface area (Å²) in [6.07, 6.45) is 0.909. The number of anilines is 3. The second-order valence-corrected chi connectivity index (χ2v) is 7.76. The number of imidazole rings is 1. The third-order valence-corrected chi connectivity index (χ3v) is 5.11. The van der Waals surface area contributed by atoms with Crippen molar-refractivity contribution < 1.29 is 18.7 Å². The lowest BCUT2D eigenvalue weighted by Gasteiger charge is -2.11. The zero-order valence-corrected chi connectivity index (χ0v) is 18.7. The van der Waals surface area contributed by atoms with E-state index < -0.39 is 6.09 Å². The Labute approximate surface area is 190 Å². The number of benzene rings is 2. The summed E-state index contributed by atoms with van der Waals surface area (Å²) in [5.74, 6) is 1.86. The molecule has 0 bridgehead atoms. The van der Waals surface area contributed by atoms with E-state index in [1.807, 2.05) is 43.7 Å². The van der Waals surface area contributed by atoms with Crippen LogP contribution in [0.2, 0.25) is 0 Å². The van der Waals surface area contributed by atoms with Crippen LogP contribution < -0.4 is 15.4 Å². The SMILES string of the molecule is COC(=O)Nc1cc(Oc2ccc3c(c2)nc(Nc2ccc(F)c(C(C)C)c2)n3C)ccn1. The first-order chi connectivity index (χ1) is 15.8. The van der Waals surface area contributed by atoms with Gasteiger partial charge in [0.2, 0.25) is 5.95 Å². The first kappa shape index (κ1) is 22.1. The lowest BCUT2D eigenvalue weighted by atomic mass is 10.0. The predicted octanol–water partition coefficient (Wildman–Crippen LogP) is 5.95. The number of aromatic nitrogens is 3. The Bertz CT molecular complexity index is 1320. The third kappa shape index (κ3) is 4.87. The lowest BCUT2D eigenvalue weighted by Crippen LogP contribution is -2.11. The summed E-state index contributed by atoms with van der Waals surface area (Å²) in [6.45, 7) is 3.91. The molecule has 2 aromatic heterocycles. The van der Waals surface area contributed by atoms with Crippen LogP contribution in [-0.4, -0.2) is 27.7 Å². The summed E-state index contributed by atoms with van der Waals surface area (Å²) >= 11 is 0. The highest BCUT2D eigenvalue weighted by Gasteiger charge is 2.12. The number of pyridine rings is 1. The molecule has 0 aliphatic rings. The normalized spacial score (nSPS) is 11.0. The minimum absolute atomic E-state index is 0.0726. The maximum atomic E-state index is 14.0. The molecule has 9 heteroatoms. The zero-order chi connectivity index (χ0) is 23.5. The van der Waals surface area contributed by atoms with Crippen LogP contribution in [0.15, 0.2) is 54.7 Å². The second-order valence-electron chi connectivity index (χ2n) is 7.76. The van der Waals surface area contributed by atoms with E-state index in [0.29, 0.717) is 28.8 Å². The van der Waals surface area contributed by atoms with Gasteiger partial charge in [-0.05, 0) is 47.9 Å². The molecule has 0 aliphatic heterocycles. The minimum Gasteiger partial charge on any atom is -0.457 e. The summed E-state index contributed by atoms with van der Waals surface area (Å²) in [7, 11) is 3.18. The number of halogens is 1. The monoisotopic (exact) mass is 449 g/mol. The first-order valence-electron chi connectivity index (χ1n) is 10.4. The van der Waals surface area contributed by atoms with Gasteiger partial charge in [0, 0.05) is 31.1 Å². The van der Waals surface area contributed by atoms with Crippen molar-refractivity contribution in [3.63, 3.8) is 0 Å². The van der Waals surface area contributed by atoms with Crippen molar-refractivity contribution in [2.75, 3.05) is 17.7 Å². The molecule has 0 unspecified atom stereocenters. The van der Waals surface area contributed by atoms with Crippen molar-refractivity contribution in [2.45, 2.75) is 19.8 Å². The maximum Gasteiger partial charge on any atom is 0.412 e. The van der Waals surface area contributed by atoms with Gasteiger partial charge in [-0.2, -0.15) is 0 Å². The number of carbonyl (C=O) groups is 1. The van der Waals surface area contributed by atoms with E-state index in [2.05, 4.69) is 25.3 Å². The lowest BCUT2D eigenvalue weighted by molar-refractivity contribution is 0.187. The second kappa shape index (κ2) is 9.15. The third-order valence-electron chi connectivity index (χ3n) is 5.11. The molecule has 2 heterocycles. The molecule has 0 aliphatic carbocycles. The molecule has 170 valence electrons. The fourth-order valence-electron chi connectivity index (χ4n) is 3.38. The van der Waals surface area contributed by atoms with Crippen molar-refractivity contribution in [2.24, 2.45) is 7.05 Å². The number of ether oxygens (including phenoxy) is 2. The van der Waals surface area contributed by atoms with E-state index >= 15 is 0 Å². The number of rotatable bonds is 6. The van der Waals surface area contributed by atoms with Gasteiger partial charge in [0.25, 0.3) is 0 Å². The molecule has 8 nitrogen and oxygen atoms in total. The Morgan fingerprint density at radius 1 is 1.09 bits per heavy atom. The average Bonchev–Trinajstić information content (AvgIpc) is 3.09. The Morgan fingerprint density at radius 2 is 1.88 bits per heavy atom. The number of nitrogens with one attached hydrogen (secondary N) is 2. The molecule has 0 atom stereocenters. The van der Waals surface area contributed by atoms with E-state index in [1.165, 1.54) is 19.4 Å². The molecule has 0 radical (unpaired) electrons. The van der Waals surface area contributed by atoms with Crippen LogP contribution in [0.5, 0.6) is 11.5 Å². The van der Waals surface area contributed by atoms with Crippen LogP contribution in [0.25, 0.3) is 11.0 Å². The van der Waals surface area contributed by atoms with Gasteiger partial charge in [-0.1, -0.05) is 13.8 Å². The molecule has 33 heavy (non-hydrogen) atoms. The number of aryl methyl sites for hydroxylation is 1. The van der Waals surface area contributed by atoms with Crippen molar-refractivity contribution in [3.05, 3.63) is 66.1 Å². The summed E-state index contributed by atoms with van der Waals surface area (Å²) in [5.41, 5.74) is 3.04. The molecule has 0 saturated carbocycles. The smallest absolute Gasteiger partial charge is 0.412 e. The van der Waals surface area contributed by atoms with Crippen molar-refractivity contribution >= 4 is 34.6 Å². The maximum absolute atomic E-state index is 14.0. The van der Waals surface area contributed by atoms with Gasteiger partial charge in [0.15, 0.2) is 0 Å². The average molecular weight is 449 g/mol. The van der Waals surface area contributed by atoms with Gasteiger partial charge in [-0.15, -0.1) is 0 Å². The van der Waals surface area contributed by atoms with Gasteiger partial charge in [-0.3, -0.25) is 5.32 Å². The Hall–Kier alpha value is -4.14. The van der Waals surface area contributed by atoms with Crippen LogP contribution in [-0.2, 0) is 11.8 Å². The van der Waals surface area contributed by atoms with E-state index in [9.17, 15) is 9.18 Å². The molecular formula is C24H24FN5O3. The quantitative estimate of drug-likeness (QED) is 0.378. The summed E-state index contributed by atoms with van der Waals surface area (Å²) < 4.78 is 26.5. The number of nitrogens with zero attached hydrogens (tertiary/aromatic N) is 3. The van der Waals surface area contributed by atoms with Gasteiger partial charge in [0.1, 0.15) is 23.1 Å². The van der Waals surface area contributed by atoms with Crippen LogP contribution in [0.4, 0.5) is 26.6 Å². The fourth-order valence-corrected chi connectivity index (χ4v) is 3.38. The molecule has 4 rings (SSSR count). The van der Waals surface area contributed by atoms with E-state index in [1.54, 1.807) is 24.3 Å². The van der Waals surface area contributed by atoms with Crippen molar-refractivity contribution in [3.8, 4) is 11.5 Å². The highest BCUT2D eigenvalue weighted by atomic mass is 19.1. The van der Waals surface area contributed by atoms with Crippen LogP contribution in [0.3, 0.4) is 0 Å². The molecule has 2 aromatic carbocycles. The highest BCUT2D eigenvalue weighted by Crippen LogP contribution is 2.29. The number of amides is 1. The zero-order valence-electron chi connectivity index (χ0n) is 18.7. The molecule has 4 aromatic rings. The van der Waals surface area contributed by atoms with E-state index in [0.717, 1.165) is 16.7 Å². The molecule has 0 fully saturated rings. The minimum atomic E-state index is -0.615. The number of hydrogen-bond donors (Lipinski definition) is 2. The fraction of sp³-hybridized carbons (Fsp3) is 0.208. The standard InChI is InChI=1S/C24H24FN5O3/c1-14(2)18-11-15(5-7-19(18)25)27-23-28-20-12-16(6-8-21(20)30(23)3)33-17-9-10-26-22(13-17)29-24(31)32-4/h5-14H,1-4H3,(H,27,28)(H,26,29,31). The summed E-state index contributed by atoms with van der Waals surface area (Å²) in [4.78, 5) is 20.1. The first-order valence-corrected chi connectivity index (χ1v) is 10.4. The largest absolute Gasteiger partial charge is 0.457 e. The topological polar surface area (TPSA) is 90.3 Å². The highest BCUT2D eigenvalue weighted by molar-refractivity contribution is 5.83. The van der Waals surface area contributed by atoms with E-state index in [-0.39, 0.29) is 11.7 Å². The molecular weight excluding hydrogens is 425 g/mol. The van der Waals surface area contributed by atoms with Gasteiger partial charge in [0.05, 0.1) is 18.1 Å². The molecule has 1 amide bonds. The summed E-state index contributed by atoms with van der Waals surface area (Å²) in [6, 6.07) is 13.8.